The number of rotatable bonds is 4. The molecule has 126 valence electrons. The van der Waals surface area contributed by atoms with Crippen LogP contribution in [-0.4, -0.2) is 17.6 Å². The molecule has 0 saturated heterocycles. The van der Waals surface area contributed by atoms with Crippen LogP contribution >= 0.6 is 39.7 Å². The maximum atomic E-state index is 12.4. The van der Waals surface area contributed by atoms with Gasteiger partial charge in [-0.3, -0.25) is 10.1 Å². The van der Waals surface area contributed by atoms with Crippen LogP contribution in [-0.2, 0) is 0 Å². The van der Waals surface area contributed by atoms with E-state index in [2.05, 4.69) is 31.3 Å². The van der Waals surface area contributed by atoms with Gasteiger partial charge in [-0.15, -0.1) is 0 Å². The van der Waals surface area contributed by atoms with Crippen LogP contribution in [0.1, 0.15) is 10.4 Å². The van der Waals surface area contributed by atoms with E-state index < -0.39 is 12.5 Å². The van der Waals surface area contributed by atoms with E-state index in [1.165, 1.54) is 24.3 Å². The van der Waals surface area contributed by atoms with Crippen LogP contribution in [0, 0.1) is 0 Å². The highest BCUT2D eigenvalue weighted by molar-refractivity contribution is 9.10. The molecule has 0 aliphatic carbocycles. The fraction of sp³-hybridized carbons (Fsp3) is 0.0667. The number of para-hydroxylation sites is 2. The van der Waals surface area contributed by atoms with Crippen molar-refractivity contribution in [1.29, 1.82) is 0 Å². The van der Waals surface area contributed by atoms with Crippen molar-refractivity contribution in [3.63, 3.8) is 0 Å². The van der Waals surface area contributed by atoms with E-state index >= 15 is 0 Å². The number of thiocarbonyl (C=S) groups is 1. The SMILES string of the molecule is O=C(NC(=S)Nc1ccccc1OC(F)F)c1cc(Br)ccc1Cl. The lowest BCUT2D eigenvalue weighted by Gasteiger charge is -2.14. The number of hydrogen-bond donors (Lipinski definition) is 2. The second-order valence-corrected chi connectivity index (χ2v) is 6.14. The molecule has 1 amide bonds. The van der Waals surface area contributed by atoms with Crippen LogP contribution < -0.4 is 15.4 Å². The van der Waals surface area contributed by atoms with Crippen molar-refractivity contribution in [3.8, 4) is 5.75 Å². The first-order valence-electron chi connectivity index (χ1n) is 6.48. The molecule has 0 aliphatic rings. The van der Waals surface area contributed by atoms with Gasteiger partial charge >= 0.3 is 6.61 Å². The largest absolute Gasteiger partial charge is 0.433 e. The molecule has 24 heavy (non-hydrogen) atoms. The maximum Gasteiger partial charge on any atom is 0.387 e. The molecule has 0 aliphatic heterocycles. The summed E-state index contributed by atoms with van der Waals surface area (Å²) in [6, 6.07) is 10.8. The molecule has 9 heteroatoms. The monoisotopic (exact) mass is 434 g/mol. The number of hydrogen-bond acceptors (Lipinski definition) is 3. The first-order chi connectivity index (χ1) is 11.4. The molecule has 0 heterocycles. The fourth-order valence-electron chi connectivity index (χ4n) is 1.76. The van der Waals surface area contributed by atoms with E-state index in [0.29, 0.717) is 4.47 Å². The normalized spacial score (nSPS) is 10.4. The molecule has 2 aromatic carbocycles. The van der Waals surface area contributed by atoms with Gasteiger partial charge in [0, 0.05) is 4.47 Å². The van der Waals surface area contributed by atoms with E-state index in [9.17, 15) is 13.6 Å². The van der Waals surface area contributed by atoms with Gasteiger partial charge in [0.05, 0.1) is 16.3 Å². The Morgan fingerprint density at radius 3 is 2.67 bits per heavy atom. The number of carbonyl (C=O) groups excluding carboxylic acids is 1. The van der Waals surface area contributed by atoms with E-state index in [4.69, 9.17) is 23.8 Å². The van der Waals surface area contributed by atoms with Crippen LogP contribution in [0.25, 0.3) is 0 Å². The van der Waals surface area contributed by atoms with Crippen molar-refractivity contribution < 1.29 is 18.3 Å². The third-order valence-electron chi connectivity index (χ3n) is 2.75. The average molecular weight is 436 g/mol. The number of halogens is 4. The third-order valence-corrected chi connectivity index (χ3v) is 3.78. The van der Waals surface area contributed by atoms with Gasteiger partial charge in [-0.05, 0) is 42.5 Å². The van der Waals surface area contributed by atoms with Crippen LogP contribution in [0.2, 0.25) is 5.02 Å². The van der Waals surface area contributed by atoms with E-state index in [1.807, 2.05) is 0 Å². The Morgan fingerprint density at radius 2 is 1.96 bits per heavy atom. The van der Waals surface area contributed by atoms with Crippen molar-refractivity contribution in [2.24, 2.45) is 0 Å². The van der Waals surface area contributed by atoms with E-state index in [-0.39, 0.29) is 27.1 Å². The molecule has 0 saturated carbocycles. The first-order valence-corrected chi connectivity index (χ1v) is 8.06. The van der Waals surface area contributed by atoms with Gasteiger partial charge in [0.15, 0.2) is 5.11 Å². The van der Waals surface area contributed by atoms with Gasteiger partial charge in [0.25, 0.3) is 5.91 Å². The summed E-state index contributed by atoms with van der Waals surface area (Å²) < 4.78 is 29.8. The summed E-state index contributed by atoms with van der Waals surface area (Å²) in [6.45, 7) is -2.98. The predicted octanol–water partition coefficient (Wildman–Crippen LogP) is 4.83. The second kappa shape index (κ2) is 8.36. The number of nitrogens with one attached hydrogen (secondary N) is 2. The third kappa shape index (κ3) is 5.12. The summed E-state index contributed by atoms with van der Waals surface area (Å²) in [6.07, 6.45) is 0. The van der Waals surface area contributed by atoms with Crippen LogP contribution in [0.3, 0.4) is 0 Å². The predicted molar refractivity (Wildman–Crippen MR) is 95.9 cm³/mol. The molecule has 0 atom stereocenters. The molecule has 2 N–H and O–H groups in total. The summed E-state index contributed by atoms with van der Waals surface area (Å²) in [5.74, 6) is -0.629. The molecule has 0 aromatic heterocycles. The summed E-state index contributed by atoms with van der Waals surface area (Å²) in [7, 11) is 0. The van der Waals surface area contributed by atoms with Gasteiger partial charge in [-0.2, -0.15) is 8.78 Å². The Hall–Kier alpha value is -1.77. The molecule has 2 aromatic rings. The smallest absolute Gasteiger partial charge is 0.387 e. The molecular weight excluding hydrogens is 426 g/mol. The highest BCUT2D eigenvalue weighted by Gasteiger charge is 2.14. The number of anilines is 1. The molecule has 0 bridgehead atoms. The van der Waals surface area contributed by atoms with Gasteiger partial charge in [-0.1, -0.05) is 39.7 Å². The Balaban J connectivity index is 2.08. The standard InChI is InChI=1S/C15H10BrClF2N2O2S/c16-8-5-6-10(17)9(7-8)13(22)21-15(24)20-11-3-1-2-4-12(11)23-14(18)19/h1-7,14H,(H2,20,21,22,24). The summed E-state index contributed by atoms with van der Waals surface area (Å²) in [4.78, 5) is 12.2. The highest BCUT2D eigenvalue weighted by atomic mass is 79.9. The van der Waals surface area contributed by atoms with Crippen molar-refractivity contribution in [2.45, 2.75) is 6.61 Å². The lowest BCUT2D eigenvalue weighted by Crippen LogP contribution is -2.34. The van der Waals surface area contributed by atoms with Gasteiger partial charge in [0.1, 0.15) is 5.75 Å². The van der Waals surface area contributed by atoms with Crippen molar-refractivity contribution >= 4 is 56.5 Å². The number of alkyl halides is 2. The van der Waals surface area contributed by atoms with Crippen molar-refractivity contribution in [1.82, 2.24) is 5.32 Å². The van der Waals surface area contributed by atoms with Crippen molar-refractivity contribution in [3.05, 3.63) is 57.5 Å². The van der Waals surface area contributed by atoms with Crippen molar-refractivity contribution in [2.75, 3.05) is 5.32 Å². The second-order valence-electron chi connectivity index (χ2n) is 4.41. The average Bonchev–Trinajstić information content (AvgIpc) is 2.51. The minimum Gasteiger partial charge on any atom is -0.433 e. The molecule has 4 nitrogen and oxygen atoms in total. The van der Waals surface area contributed by atoms with Crippen LogP contribution in [0.15, 0.2) is 46.9 Å². The zero-order chi connectivity index (χ0) is 17.7. The van der Waals surface area contributed by atoms with Crippen LogP contribution in [0.5, 0.6) is 5.75 Å². The Kier molecular flexibility index (Phi) is 6.47. The number of carbonyl (C=O) groups is 1. The molecule has 0 radical (unpaired) electrons. The topological polar surface area (TPSA) is 50.4 Å². The Bertz CT molecular complexity index is 777. The zero-order valence-electron chi connectivity index (χ0n) is 11.9. The molecule has 0 fully saturated rings. The first kappa shape index (κ1) is 18.6. The fourth-order valence-corrected chi connectivity index (χ4v) is 2.53. The lowest BCUT2D eigenvalue weighted by atomic mass is 10.2. The van der Waals surface area contributed by atoms with E-state index in [1.54, 1.807) is 18.2 Å². The van der Waals surface area contributed by atoms with Crippen LogP contribution in [0.4, 0.5) is 14.5 Å². The minimum atomic E-state index is -2.98. The Labute approximate surface area is 155 Å². The molecule has 0 unspecified atom stereocenters. The summed E-state index contributed by atoms with van der Waals surface area (Å²) >= 11 is 14.2. The minimum absolute atomic E-state index is 0.0821. The zero-order valence-corrected chi connectivity index (χ0v) is 15.0. The number of benzene rings is 2. The lowest BCUT2D eigenvalue weighted by molar-refractivity contribution is -0.0493. The highest BCUT2D eigenvalue weighted by Crippen LogP contribution is 2.25. The number of ether oxygens (including phenoxy) is 1. The summed E-state index contributed by atoms with van der Waals surface area (Å²) in [5.41, 5.74) is 0.413. The number of amides is 1. The quantitative estimate of drug-likeness (QED) is 0.676. The Morgan fingerprint density at radius 1 is 1.25 bits per heavy atom. The maximum absolute atomic E-state index is 12.4. The van der Waals surface area contributed by atoms with Gasteiger partial charge in [-0.25, -0.2) is 0 Å². The summed E-state index contributed by atoms with van der Waals surface area (Å²) in [5, 5.41) is 5.23. The van der Waals surface area contributed by atoms with Gasteiger partial charge < -0.3 is 10.1 Å². The molecular formula is C15H10BrClF2N2O2S. The molecule has 0 spiro atoms. The van der Waals surface area contributed by atoms with E-state index in [0.717, 1.165) is 0 Å². The van der Waals surface area contributed by atoms with Gasteiger partial charge in [0.2, 0.25) is 0 Å². The molecule has 2 rings (SSSR count).